The second-order valence-electron chi connectivity index (χ2n) is 7.99. The lowest BCUT2D eigenvalue weighted by Gasteiger charge is -2.27. The van der Waals surface area contributed by atoms with Gasteiger partial charge in [-0.15, -0.1) is 0 Å². The highest BCUT2D eigenvalue weighted by molar-refractivity contribution is 5.79. The first-order valence-corrected chi connectivity index (χ1v) is 10.2. The van der Waals surface area contributed by atoms with Gasteiger partial charge in [0.2, 0.25) is 0 Å². The monoisotopic (exact) mass is 360 g/mol. The summed E-state index contributed by atoms with van der Waals surface area (Å²) in [6.07, 6.45) is 21.6. The molecule has 0 spiro atoms. The summed E-state index contributed by atoms with van der Waals surface area (Å²) in [6.45, 7) is 0. The van der Waals surface area contributed by atoms with Gasteiger partial charge >= 0.3 is 5.97 Å². The van der Waals surface area contributed by atoms with E-state index in [1.807, 2.05) is 12.2 Å². The Morgan fingerprint density at radius 2 is 1.81 bits per heavy atom. The molecule has 0 radical (unpaired) electrons. The average Bonchev–Trinajstić information content (AvgIpc) is 3.24. The average molecular weight is 360 g/mol. The molecule has 5 atom stereocenters. The summed E-state index contributed by atoms with van der Waals surface area (Å²) >= 11 is 0. The Morgan fingerprint density at radius 3 is 2.58 bits per heavy atom. The van der Waals surface area contributed by atoms with Crippen LogP contribution in [-0.2, 0) is 9.53 Å². The largest absolute Gasteiger partial charge is 0.478 e. The van der Waals surface area contributed by atoms with Crippen molar-refractivity contribution in [2.45, 2.75) is 76.1 Å². The zero-order valence-electron chi connectivity index (χ0n) is 15.5. The first-order chi connectivity index (χ1) is 12.6. The number of hydrogen-bond donors (Lipinski definition) is 2. The number of aliphatic hydroxyl groups is 1. The third kappa shape index (κ3) is 5.08. The van der Waals surface area contributed by atoms with Crippen LogP contribution >= 0.6 is 0 Å². The van der Waals surface area contributed by atoms with Gasteiger partial charge < -0.3 is 14.9 Å². The summed E-state index contributed by atoms with van der Waals surface area (Å²) in [5.41, 5.74) is 0. The molecule has 2 saturated heterocycles. The number of rotatable bonds is 8. The standard InChI is InChI=1S/C22H32O4/c23-19(16-8-4-3-5-9-16)13-12-18-17(20-14-15-21(18)26-20)10-6-1-2-7-11-22(24)25/h1,6-7,11-13,16-21,23H,2-5,8-10,14-15H2,(H,24,25)/t17-,18+,19?,20-,21+/m0/s1. The van der Waals surface area contributed by atoms with E-state index < -0.39 is 5.97 Å². The van der Waals surface area contributed by atoms with Crippen molar-refractivity contribution in [2.75, 3.05) is 0 Å². The highest BCUT2D eigenvalue weighted by Crippen LogP contribution is 2.46. The fourth-order valence-corrected chi connectivity index (χ4v) is 4.86. The van der Waals surface area contributed by atoms with Crippen molar-refractivity contribution < 1.29 is 19.7 Å². The van der Waals surface area contributed by atoms with E-state index in [0.29, 0.717) is 36.4 Å². The van der Waals surface area contributed by atoms with Crippen molar-refractivity contribution in [3.63, 3.8) is 0 Å². The maximum absolute atomic E-state index is 10.5. The van der Waals surface area contributed by atoms with Crippen LogP contribution in [0.25, 0.3) is 0 Å². The van der Waals surface area contributed by atoms with Crippen LogP contribution in [0.15, 0.2) is 36.5 Å². The number of fused-ring (bicyclic) bond motifs is 2. The van der Waals surface area contributed by atoms with Crippen molar-refractivity contribution >= 4 is 5.97 Å². The number of ether oxygens (including phenoxy) is 1. The number of hydrogen-bond acceptors (Lipinski definition) is 3. The summed E-state index contributed by atoms with van der Waals surface area (Å²) in [4.78, 5) is 10.5. The summed E-state index contributed by atoms with van der Waals surface area (Å²) in [6, 6.07) is 0. The molecule has 26 heavy (non-hydrogen) atoms. The number of carboxylic acids is 1. The number of allylic oxidation sites excluding steroid dienone is 3. The van der Waals surface area contributed by atoms with E-state index in [4.69, 9.17) is 9.84 Å². The Bertz CT molecular complexity index is 544. The molecule has 2 bridgehead atoms. The molecule has 1 aliphatic carbocycles. The Labute approximate surface area is 156 Å². The lowest BCUT2D eigenvalue weighted by Crippen LogP contribution is -2.26. The van der Waals surface area contributed by atoms with E-state index in [1.165, 1.54) is 25.3 Å². The maximum atomic E-state index is 10.5. The van der Waals surface area contributed by atoms with E-state index in [2.05, 4.69) is 12.2 Å². The maximum Gasteiger partial charge on any atom is 0.327 e. The van der Waals surface area contributed by atoms with Gasteiger partial charge in [-0.3, -0.25) is 0 Å². The molecule has 1 unspecified atom stereocenters. The van der Waals surface area contributed by atoms with Gasteiger partial charge in [-0.2, -0.15) is 0 Å². The summed E-state index contributed by atoms with van der Waals surface area (Å²) in [5, 5.41) is 19.1. The Morgan fingerprint density at radius 1 is 1.04 bits per heavy atom. The molecule has 4 nitrogen and oxygen atoms in total. The van der Waals surface area contributed by atoms with E-state index in [-0.39, 0.29) is 6.10 Å². The van der Waals surface area contributed by atoms with Gasteiger partial charge in [0, 0.05) is 12.0 Å². The second-order valence-corrected chi connectivity index (χ2v) is 7.99. The molecule has 1 saturated carbocycles. The lowest BCUT2D eigenvalue weighted by atomic mass is 9.76. The smallest absolute Gasteiger partial charge is 0.327 e. The summed E-state index contributed by atoms with van der Waals surface area (Å²) in [5.74, 6) is 0.398. The first kappa shape index (κ1) is 19.4. The molecule has 2 heterocycles. The summed E-state index contributed by atoms with van der Waals surface area (Å²) < 4.78 is 6.13. The first-order valence-electron chi connectivity index (χ1n) is 10.2. The Balaban J connectivity index is 1.52. The predicted molar refractivity (Wildman–Crippen MR) is 102 cm³/mol. The van der Waals surface area contributed by atoms with E-state index in [9.17, 15) is 9.90 Å². The van der Waals surface area contributed by atoms with Gasteiger partial charge in [0.25, 0.3) is 0 Å². The van der Waals surface area contributed by atoms with Crippen LogP contribution in [-0.4, -0.2) is 34.5 Å². The fourth-order valence-electron chi connectivity index (χ4n) is 4.86. The minimum absolute atomic E-state index is 0.306. The molecule has 0 aromatic heterocycles. The minimum atomic E-state index is -0.901. The van der Waals surface area contributed by atoms with Gasteiger partial charge in [0.1, 0.15) is 0 Å². The highest BCUT2D eigenvalue weighted by Gasteiger charge is 2.46. The van der Waals surface area contributed by atoms with Crippen LogP contribution in [0.4, 0.5) is 0 Å². The molecule has 4 heteroatoms. The molecule has 144 valence electrons. The van der Waals surface area contributed by atoms with Crippen LogP contribution < -0.4 is 0 Å². The molecule has 0 aromatic carbocycles. The van der Waals surface area contributed by atoms with Crippen molar-refractivity contribution in [3.05, 3.63) is 36.5 Å². The van der Waals surface area contributed by atoms with Crippen LogP contribution in [0.1, 0.15) is 57.8 Å². The second kappa shape index (κ2) is 9.52. The Kier molecular flexibility index (Phi) is 7.09. The van der Waals surface area contributed by atoms with Crippen molar-refractivity contribution in [3.8, 4) is 0 Å². The quantitative estimate of drug-likeness (QED) is 0.501. The van der Waals surface area contributed by atoms with E-state index in [1.54, 1.807) is 6.08 Å². The van der Waals surface area contributed by atoms with Crippen molar-refractivity contribution in [2.24, 2.45) is 17.8 Å². The number of aliphatic carboxylic acids is 1. The van der Waals surface area contributed by atoms with Gasteiger partial charge in [-0.1, -0.05) is 49.6 Å². The Hall–Kier alpha value is -1.39. The van der Waals surface area contributed by atoms with Crippen LogP contribution in [0.2, 0.25) is 0 Å². The van der Waals surface area contributed by atoms with Gasteiger partial charge in [-0.05, 0) is 50.4 Å². The summed E-state index contributed by atoms with van der Waals surface area (Å²) in [7, 11) is 0. The van der Waals surface area contributed by atoms with Crippen molar-refractivity contribution in [1.29, 1.82) is 0 Å². The van der Waals surface area contributed by atoms with Crippen LogP contribution in [0.3, 0.4) is 0 Å². The van der Waals surface area contributed by atoms with Crippen molar-refractivity contribution in [1.82, 2.24) is 0 Å². The van der Waals surface area contributed by atoms with Gasteiger partial charge in [0.15, 0.2) is 0 Å². The third-order valence-electron chi connectivity index (χ3n) is 6.26. The third-order valence-corrected chi connectivity index (χ3v) is 6.26. The SMILES string of the molecule is O=C(O)C=CCC=CC[C@H]1[C@@H](C=CC(O)C2CCCCC2)[C@H]2CC[C@@H]1O2. The number of carboxylic acid groups (broad SMARTS) is 1. The van der Waals surface area contributed by atoms with Gasteiger partial charge in [-0.25, -0.2) is 4.79 Å². The lowest BCUT2D eigenvalue weighted by molar-refractivity contribution is -0.131. The zero-order valence-corrected chi connectivity index (χ0v) is 15.5. The molecular weight excluding hydrogens is 328 g/mol. The van der Waals surface area contributed by atoms with E-state index in [0.717, 1.165) is 32.1 Å². The molecule has 3 fully saturated rings. The normalized spacial score (nSPS) is 33.7. The molecule has 3 rings (SSSR count). The zero-order chi connectivity index (χ0) is 18.4. The van der Waals surface area contributed by atoms with E-state index >= 15 is 0 Å². The topological polar surface area (TPSA) is 66.8 Å². The minimum Gasteiger partial charge on any atom is -0.478 e. The number of aliphatic hydroxyl groups excluding tert-OH is 1. The molecule has 0 aromatic rings. The van der Waals surface area contributed by atoms with Gasteiger partial charge in [0.05, 0.1) is 18.3 Å². The number of carbonyl (C=O) groups is 1. The molecular formula is C22H32O4. The van der Waals surface area contributed by atoms with Crippen LogP contribution in [0.5, 0.6) is 0 Å². The fraction of sp³-hybridized carbons (Fsp3) is 0.682. The molecule has 2 N–H and O–H groups in total. The van der Waals surface area contributed by atoms with Crippen LogP contribution in [0, 0.1) is 17.8 Å². The molecule has 3 aliphatic rings. The predicted octanol–water partition coefficient (Wildman–Crippen LogP) is 4.25. The molecule has 0 amide bonds. The highest BCUT2D eigenvalue weighted by atomic mass is 16.5. The molecule has 2 aliphatic heterocycles.